The first kappa shape index (κ1) is 58.8. The molecule has 62 heavy (non-hydrogen) atoms. The molecule has 0 aromatic carbocycles. The minimum Gasteiger partial charge on any atom is -0.544 e. The molecule has 0 aliphatic heterocycles. The smallest absolute Gasteiger partial charge is 0.306 e. The summed E-state index contributed by atoms with van der Waals surface area (Å²) in [6.45, 7) is 4.51. The topological polar surface area (TPSA) is 102 Å². The molecule has 2 atom stereocenters. The highest BCUT2D eigenvalue weighted by Gasteiger charge is 2.25. The normalized spacial score (nSPS) is 13.5. The minimum atomic E-state index is -1.13. The first-order valence-corrected chi connectivity index (χ1v) is 25.0. The number of esters is 2. The van der Waals surface area contributed by atoms with Crippen LogP contribution in [0.3, 0.4) is 0 Å². The molecule has 2 unspecified atom stereocenters. The molecule has 0 radical (unpaired) electrons. The lowest BCUT2D eigenvalue weighted by molar-refractivity contribution is -0.889. The third-order valence-corrected chi connectivity index (χ3v) is 10.8. The van der Waals surface area contributed by atoms with E-state index < -0.39 is 18.1 Å². The third kappa shape index (κ3) is 42.1. The van der Waals surface area contributed by atoms with Crippen LogP contribution in [0.4, 0.5) is 0 Å². The second kappa shape index (κ2) is 44.4. The molecule has 0 spiro atoms. The summed E-state index contributed by atoms with van der Waals surface area (Å²) < 4.78 is 17.2. The molecule has 0 aliphatic carbocycles. The Morgan fingerprint density at radius 1 is 0.500 bits per heavy atom. The number of quaternary nitrogens is 1. The number of likely N-dealkylation sites (N-methyl/N-ethyl adjacent to an activating group) is 1. The van der Waals surface area contributed by atoms with Crippen molar-refractivity contribution in [3.63, 3.8) is 0 Å². The molecule has 0 bridgehead atoms. The standard InChI is InChI=1S/C54H93NO7/c1-6-8-10-12-14-16-18-20-22-24-25-26-27-28-29-31-32-34-36-38-40-42-44-52(56)61-49-50(48-60-47-46-51(54(58)59)55(3,4)5)62-53(57)45-43-41-39-37-35-33-30-23-21-19-17-15-13-11-9-7-2/h9,11,14-17,20-23,25-26,50-51H,6-8,10,12-13,18-19,24,27-49H2,1-5H3/b11-9+,16-14+,17-15+,22-20+,23-21+,26-25+. The molecule has 0 saturated heterocycles. The Morgan fingerprint density at radius 2 is 0.903 bits per heavy atom. The molecule has 0 amide bonds. The van der Waals surface area contributed by atoms with E-state index in [0.717, 1.165) is 89.9 Å². The monoisotopic (exact) mass is 868 g/mol. The summed E-state index contributed by atoms with van der Waals surface area (Å²) in [5, 5.41) is 11.7. The summed E-state index contributed by atoms with van der Waals surface area (Å²) in [6.07, 6.45) is 56.4. The molecule has 8 heteroatoms. The van der Waals surface area contributed by atoms with Gasteiger partial charge < -0.3 is 28.6 Å². The summed E-state index contributed by atoms with van der Waals surface area (Å²) in [6, 6.07) is -0.733. The molecule has 0 rings (SSSR count). The minimum absolute atomic E-state index is 0.0306. The highest BCUT2D eigenvalue weighted by molar-refractivity contribution is 5.70. The first-order chi connectivity index (χ1) is 30.1. The second-order valence-corrected chi connectivity index (χ2v) is 17.7. The third-order valence-electron chi connectivity index (χ3n) is 10.8. The number of allylic oxidation sites excluding steroid dienone is 12. The van der Waals surface area contributed by atoms with Crippen molar-refractivity contribution < 1.29 is 38.2 Å². The highest BCUT2D eigenvalue weighted by Crippen LogP contribution is 2.14. The molecule has 0 fully saturated rings. The number of carboxylic acid groups (broad SMARTS) is 1. The van der Waals surface area contributed by atoms with E-state index in [9.17, 15) is 19.5 Å². The van der Waals surface area contributed by atoms with Crippen LogP contribution in [0, 0.1) is 0 Å². The summed E-state index contributed by atoms with van der Waals surface area (Å²) in [7, 11) is 5.40. The zero-order chi connectivity index (χ0) is 45.6. The van der Waals surface area contributed by atoms with Crippen molar-refractivity contribution >= 4 is 17.9 Å². The maximum Gasteiger partial charge on any atom is 0.306 e. The SMILES string of the molecule is CC/C=C/C/C=C/C/C=C/CCCCCCCCC(=O)OC(COCCC(C(=O)[O-])[N+](C)(C)C)COC(=O)CCCCCCCCCCC/C=C/C/C=C/C/C=C/CCCCC. The summed E-state index contributed by atoms with van der Waals surface area (Å²) >= 11 is 0. The van der Waals surface area contributed by atoms with Crippen LogP contribution in [0.2, 0.25) is 0 Å². The summed E-state index contributed by atoms with van der Waals surface area (Å²) in [5.74, 6) is -1.76. The first-order valence-electron chi connectivity index (χ1n) is 25.0. The largest absolute Gasteiger partial charge is 0.544 e. The van der Waals surface area contributed by atoms with Gasteiger partial charge in [0.25, 0.3) is 0 Å². The Labute approximate surface area is 381 Å². The molecular formula is C54H93NO7. The number of aliphatic carboxylic acids is 1. The van der Waals surface area contributed by atoms with Gasteiger partial charge in [-0.25, -0.2) is 0 Å². The summed E-state index contributed by atoms with van der Waals surface area (Å²) in [5.41, 5.74) is 0. The van der Waals surface area contributed by atoms with Crippen molar-refractivity contribution in [3.05, 3.63) is 72.9 Å². The lowest BCUT2D eigenvalue weighted by Crippen LogP contribution is -2.55. The molecule has 0 aromatic rings. The van der Waals surface area contributed by atoms with Gasteiger partial charge in [-0.05, 0) is 83.5 Å². The Hall–Kier alpha value is -3.23. The van der Waals surface area contributed by atoms with E-state index in [0.29, 0.717) is 12.8 Å². The van der Waals surface area contributed by atoms with Crippen molar-refractivity contribution in [2.75, 3.05) is 41.0 Å². The molecular weight excluding hydrogens is 775 g/mol. The van der Waals surface area contributed by atoms with Gasteiger partial charge in [0.15, 0.2) is 6.10 Å². The number of unbranched alkanes of at least 4 members (excludes halogenated alkanes) is 18. The summed E-state index contributed by atoms with van der Waals surface area (Å²) in [4.78, 5) is 37.0. The van der Waals surface area contributed by atoms with Crippen LogP contribution in [-0.4, -0.2) is 75.5 Å². The average molecular weight is 868 g/mol. The fraction of sp³-hybridized carbons (Fsp3) is 0.722. The molecule has 0 aliphatic rings. The molecule has 0 N–H and O–H groups in total. The zero-order valence-electron chi connectivity index (χ0n) is 40.5. The van der Waals surface area contributed by atoms with Gasteiger partial charge in [-0.15, -0.1) is 0 Å². The number of rotatable bonds is 44. The lowest BCUT2D eigenvalue weighted by Gasteiger charge is -2.34. The number of carboxylic acids is 1. The molecule has 0 aromatic heterocycles. The van der Waals surface area contributed by atoms with Crippen molar-refractivity contribution in [2.24, 2.45) is 0 Å². The van der Waals surface area contributed by atoms with Crippen molar-refractivity contribution in [1.29, 1.82) is 0 Å². The van der Waals surface area contributed by atoms with Gasteiger partial charge >= 0.3 is 11.9 Å². The van der Waals surface area contributed by atoms with E-state index >= 15 is 0 Å². The molecule has 8 nitrogen and oxygen atoms in total. The number of hydrogen-bond acceptors (Lipinski definition) is 7. The van der Waals surface area contributed by atoms with Crippen molar-refractivity contribution in [2.45, 2.75) is 212 Å². The molecule has 0 heterocycles. The predicted molar refractivity (Wildman–Crippen MR) is 259 cm³/mol. The zero-order valence-corrected chi connectivity index (χ0v) is 40.5. The van der Waals surface area contributed by atoms with Crippen LogP contribution >= 0.6 is 0 Å². The lowest BCUT2D eigenvalue weighted by atomic mass is 10.1. The van der Waals surface area contributed by atoms with Crippen LogP contribution < -0.4 is 5.11 Å². The van der Waals surface area contributed by atoms with Gasteiger partial charge in [0.2, 0.25) is 0 Å². The number of hydrogen-bond donors (Lipinski definition) is 0. The van der Waals surface area contributed by atoms with Crippen LogP contribution in [-0.2, 0) is 28.6 Å². The maximum absolute atomic E-state index is 12.8. The van der Waals surface area contributed by atoms with E-state index in [1.807, 2.05) is 0 Å². The Balaban J connectivity index is 4.28. The quantitative estimate of drug-likeness (QED) is 0.0260. The molecule has 0 saturated carbocycles. The van der Waals surface area contributed by atoms with E-state index in [1.165, 1.54) is 77.0 Å². The fourth-order valence-electron chi connectivity index (χ4n) is 6.97. The van der Waals surface area contributed by atoms with Crippen LogP contribution in [0.25, 0.3) is 0 Å². The van der Waals surface area contributed by atoms with Gasteiger partial charge in [-0.3, -0.25) is 9.59 Å². The molecule has 356 valence electrons. The Kier molecular flexibility index (Phi) is 42.1. The van der Waals surface area contributed by atoms with Crippen molar-refractivity contribution in [1.82, 2.24) is 0 Å². The predicted octanol–water partition coefficient (Wildman–Crippen LogP) is 13.0. The number of ether oxygens (including phenoxy) is 3. The van der Waals surface area contributed by atoms with E-state index in [-0.39, 0.29) is 42.7 Å². The number of nitrogens with zero attached hydrogens (tertiary/aromatic N) is 1. The Bertz CT molecular complexity index is 1240. The van der Waals surface area contributed by atoms with Gasteiger partial charge in [0, 0.05) is 19.3 Å². The second-order valence-electron chi connectivity index (χ2n) is 17.7. The van der Waals surface area contributed by atoms with E-state index in [2.05, 4.69) is 86.8 Å². The van der Waals surface area contributed by atoms with Crippen molar-refractivity contribution in [3.8, 4) is 0 Å². The fourth-order valence-corrected chi connectivity index (χ4v) is 6.97. The van der Waals surface area contributed by atoms with Crippen LogP contribution in [0.5, 0.6) is 0 Å². The van der Waals surface area contributed by atoms with Gasteiger partial charge in [0.05, 0.1) is 40.3 Å². The van der Waals surface area contributed by atoms with Gasteiger partial charge in [-0.2, -0.15) is 0 Å². The van der Waals surface area contributed by atoms with Crippen LogP contribution in [0.1, 0.15) is 200 Å². The van der Waals surface area contributed by atoms with E-state index in [4.69, 9.17) is 14.2 Å². The highest BCUT2D eigenvalue weighted by atomic mass is 16.6. The van der Waals surface area contributed by atoms with Crippen LogP contribution in [0.15, 0.2) is 72.9 Å². The van der Waals surface area contributed by atoms with Gasteiger partial charge in [-0.1, -0.05) is 170 Å². The number of carbonyl (C=O) groups excluding carboxylic acids is 3. The Morgan fingerprint density at radius 3 is 1.34 bits per heavy atom. The van der Waals surface area contributed by atoms with E-state index in [1.54, 1.807) is 21.1 Å². The van der Waals surface area contributed by atoms with Gasteiger partial charge in [0.1, 0.15) is 12.6 Å². The maximum atomic E-state index is 12.8. The average Bonchev–Trinajstić information content (AvgIpc) is 3.23. The number of carbonyl (C=O) groups is 3.